The Morgan fingerprint density at radius 1 is 1.22 bits per heavy atom. The van der Waals surface area contributed by atoms with Gasteiger partial charge in [0, 0.05) is 11.3 Å². The molecule has 0 N–H and O–H groups in total. The van der Waals surface area contributed by atoms with Crippen molar-refractivity contribution in [2.75, 3.05) is 12.4 Å². The van der Waals surface area contributed by atoms with Crippen molar-refractivity contribution in [3.05, 3.63) is 30.1 Å². The van der Waals surface area contributed by atoms with Gasteiger partial charge in [0.1, 0.15) is 11.6 Å². The van der Waals surface area contributed by atoms with Crippen LogP contribution in [-0.2, 0) is 14.3 Å². The summed E-state index contributed by atoms with van der Waals surface area (Å²) in [6.45, 7) is 2.06. The number of carbonyl (C=O) groups excluding carboxylic acids is 2. The van der Waals surface area contributed by atoms with Crippen LogP contribution in [0.1, 0.15) is 19.8 Å². The smallest absolute Gasteiger partial charge is 0.306 e. The highest BCUT2D eigenvalue weighted by atomic mass is 32.2. The monoisotopic (exact) mass is 270 g/mol. The fourth-order valence-electron chi connectivity index (χ4n) is 1.24. The first-order valence-electron chi connectivity index (χ1n) is 5.67. The average molecular weight is 270 g/mol. The van der Waals surface area contributed by atoms with Crippen molar-refractivity contribution in [1.29, 1.82) is 0 Å². The maximum Gasteiger partial charge on any atom is 0.306 e. The lowest BCUT2D eigenvalue weighted by Gasteiger charge is -2.02. The molecule has 0 aliphatic carbocycles. The van der Waals surface area contributed by atoms with Gasteiger partial charge >= 0.3 is 5.97 Å². The van der Waals surface area contributed by atoms with Gasteiger partial charge in [-0.15, -0.1) is 11.8 Å². The topological polar surface area (TPSA) is 43.4 Å². The first-order valence-corrected chi connectivity index (χ1v) is 6.66. The molecule has 3 nitrogen and oxygen atoms in total. The average Bonchev–Trinajstić information content (AvgIpc) is 2.36. The first kappa shape index (κ1) is 14.7. The molecule has 0 saturated heterocycles. The van der Waals surface area contributed by atoms with Crippen LogP contribution in [0.5, 0.6) is 0 Å². The van der Waals surface area contributed by atoms with E-state index in [0.717, 1.165) is 4.90 Å². The van der Waals surface area contributed by atoms with Crippen LogP contribution in [0.4, 0.5) is 4.39 Å². The van der Waals surface area contributed by atoms with Crippen molar-refractivity contribution in [1.82, 2.24) is 0 Å². The molecular formula is C13H15FO3S. The van der Waals surface area contributed by atoms with Crippen molar-refractivity contribution < 1.29 is 18.7 Å². The largest absolute Gasteiger partial charge is 0.466 e. The summed E-state index contributed by atoms with van der Waals surface area (Å²) in [5.74, 6) is -0.381. The molecule has 1 rings (SSSR count). The van der Waals surface area contributed by atoms with Crippen LogP contribution in [0, 0.1) is 5.82 Å². The number of Topliss-reactive ketones (excluding diaryl/α,β-unsaturated/α-hetero) is 1. The Bertz CT molecular complexity index is 403. The second kappa shape index (κ2) is 7.87. The van der Waals surface area contributed by atoms with E-state index >= 15 is 0 Å². The van der Waals surface area contributed by atoms with E-state index in [-0.39, 0.29) is 36.2 Å². The number of halogens is 1. The summed E-state index contributed by atoms with van der Waals surface area (Å²) in [7, 11) is 0. The molecule has 0 spiro atoms. The van der Waals surface area contributed by atoms with E-state index in [1.165, 1.54) is 23.9 Å². The Morgan fingerprint density at radius 3 is 2.50 bits per heavy atom. The number of ketones is 1. The molecule has 1 aromatic rings. The summed E-state index contributed by atoms with van der Waals surface area (Å²) in [5.41, 5.74) is 0. The normalized spacial score (nSPS) is 10.1. The fourth-order valence-corrected chi connectivity index (χ4v) is 2.04. The molecule has 0 bridgehead atoms. The summed E-state index contributed by atoms with van der Waals surface area (Å²) >= 11 is 1.33. The number of esters is 1. The Morgan fingerprint density at radius 2 is 1.89 bits per heavy atom. The molecule has 0 aliphatic heterocycles. The molecule has 1 aromatic carbocycles. The Hall–Kier alpha value is -1.36. The van der Waals surface area contributed by atoms with E-state index in [0.29, 0.717) is 6.61 Å². The van der Waals surface area contributed by atoms with Gasteiger partial charge in [-0.1, -0.05) is 0 Å². The third-order valence-corrected chi connectivity index (χ3v) is 3.20. The lowest BCUT2D eigenvalue weighted by molar-refractivity contribution is -0.144. The summed E-state index contributed by atoms with van der Waals surface area (Å²) in [4.78, 5) is 23.4. The molecule has 18 heavy (non-hydrogen) atoms. The highest BCUT2D eigenvalue weighted by Gasteiger charge is 2.08. The lowest BCUT2D eigenvalue weighted by Crippen LogP contribution is -2.09. The molecule has 0 unspecified atom stereocenters. The molecule has 0 aliphatic rings. The van der Waals surface area contributed by atoms with Crippen LogP contribution in [0.3, 0.4) is 0 Å². The second-order valence-corrected chi connectivity index (χ2v) is 4.64. The van der Waals surface area contributed by atoms with Gasteiger partial charge in [0.15, 0.2) is 0 Å². The molecular weight excluding hydrogens is 255 g/mol. The van der Waals surface area contributed by atoms with Crippen LogP contribution < -0.4 is 0 Å². The minimum Gasteiger partial charge on any atom is -0.466 e. The summed E-state index contributed by atoms with van der Waals surface area (Å²) < 4.78 is 17.4. The van der Waals surface area contributed by atoms with Crippen LogP contribution in [0.25, 0.3) is 0 Å². The highest BCUT2D eigenvalue weighted by Crippen LogP contribution is 2.18. The summed E-state index contributed by atoms with van der Waals surface area (Å²) in [5, 5.41) is 0. The van der Waals surface area contributed by atoms with Gasteiger partial charge in [0.25, 0.3) is 0 Å². The Labute approximate surface area is 110 Å². The number of ether oxygens (including phenoxy) is 1. The minimum atomic E-state index is -0.349. The Balaban J connectivity index is 2.24. The van der Waals surface area contributed by atoms with Crippen molar-refractivity contribution in [2.24, 2.45) is 0 Å². The standard InChI is InChI=1S/C13H15FO3S/c1-2-17-13(16)8-5-11(15)9-18-12-6-3-10(14)4-7-12/h3-4,6-7H,2,5,8-9H2,1H3. The third kappa shape index (κ3) is 5.82. The maximum atomic E-state index is 12.6. The van der Waals surface area contributed by atoms with Crippen molar-refractivity contribution in [3.63, 3.8) is 0 Å². The van der Waals surface area contributed by atoms with Crippen molar-refractivity contribution >= 4 is 23.5 Å². The van der Waals surface area contributed by atoms with Gasteiger partial charge in [0.2, 0.25) is 0 Å². The van der Waals surface area contributed by atoms with E-state index in [9.17, 15) is 14.0 Å². The lowest BCUT2D eigenvalue weighted by atomic mass is 10.2. The van der Waals surface area contributed by atoms with Gasteiger partial charge in [-0.25, -0.2) is 4.39 Å². The van der Waals surface area contributed by atoms with E-state index in [1.54, 1.807) is 19.1 Å². The molecule has 0 saturated carbocycles. The quantitative estimate of drug-likeness (QED) is 0.564. The van der Waals surface area contributed by atoms with Gasteiger partial charge < -0.3 is 4.74 Å². The predicted molar refractivity (Wildman–Crippen MR) is 68.0 cm³/mol. The zero-order valence-corrected chi connectivity index (χ0v) is 11.0. The maximum absolute atomic E-state index is 12.6. The molecule has 0 heterocycles. The molecule has 0 amide bonds. The minimum absolute atomic E-state index is 0.0163. The molecule has 0 aromatic heterocycles. The van der Waals surface area contributed by atoms with Gasteiger partial charge in [-0.3, -0.25) is 9.59 Å². The van der Waals surface area contributed by atoms with Crippen LogP contribution in [0.15, 0.2) is 29.2 Å². The number of thioether (sulfide) groups is 1. The second-order valence-electron chi connectivity index (χ2n) is 3.59. The van der Waals surface area contributed by atoms with E-state index in [1.807, 2.05) is 0 Å². The van der Waals surface area contributed by atoms with Crippen LogP contribution in [0.2, 0.25) is 0 Å². The van der Waals surface area contributed by atoms with Crippen LogP contribution in [-0.4, -0.2) is 24.1 Å². The number of benzene rings is 1. The zero-order chi connectivity index (χ0) is 13.4. The van der Waals surface area contributed by atoms with Gasteiger partial charge in [-0.05, 0) is 31.2 Å². The zero-order valence-electron chi connectivity index (χ0n) is 10.1. The third-order valence-electron chi connectivity index (χ3n) is 2.13. The van der Waals surface area contributed by atoms with Gasteiger partial charge in [-0.2, -0.15) is 0 Å². The highest BCUT2D eigenvalue weighted by molar-refractivity contribution is 8.00. The SMILES string of the molecule is CCOC(=O)CCC(=O)CSc1ccc(F)cc1. The van der Waals surface area contributed by atoms with Gasteiger partial charge in [0.05, 0.1) is 18.8 Å². The summed E-state index contributed by atoms with van der Waals surface area (Å²) in [6, 6.07) is 5.95. The number of rotatable bonds is 7. The van der Waals surface area contributed by atoms with Crippen molar-refractivity contribution in [3.8, 4) is 0 Å². The summed E-state index contributed by atoms with van der Waals surface area (Å²) in [6.07, 6.45) is 0.309. The molecule has 0 atom stereocenters. The van der Waals surface area contributed by atoms with E-state index < -0.39 is 0 Å². The molecule has 0 radical (unpaired) electrons. The fraction of sp³-hybridized carbons (Fsp3) is 0.385. The number of hydrogen-bond acceptors (Lipinski definition) is 4. The number of carbonyl (C=O) groups is 2. The molecule has 5 heteroatoms. The predicted octanol–water partition coefficient (Wildman–Crippen LogP) is 2.83. The first-order chi connectivity index (χ1) is 8.61. The Kier molecular flexibility index (Phi) is 6.43. The van der Waals surface area contributed by atoms with E-state index in [4.69, 9.17) is 4.74 Å². The molecule has 98 valence electrons. The number of hydrogen-bond donors (Lipinski definition) is 0. The molecule has 0 fully saturated rings. The van der Waals surface area contributed by atoms with Crippen molar-refractivity contribution in [2.45, 2.75) is 24.7 Å². The van der Waals surface area contributed by atoms with Crippen LogP contribution >= 0.6 is 11.8 Å². The van der Waals surface area contributed by atoms with E-state index in [2.05, 4.69) is 0 Å².